The summed E-state index contributed by atoms with van der Waals surface area (Å²) in [4.78, 5) is 17.3. The first-order valence-electron chi connectivity index (χ1n) is 9.93. The van der Waals surface area contributed by atoms with E-state index in [2.05, 4.69) is 15.6 Å². The van der Waals surface area contributed by atoms with Gasteiger partial charge >= 0.3 is 0 Å². The fraction of sp³-hybridized carbons (Fsp3) is 0.125. The number of nitrogens with zero attached hydrogens (tertiary/aromatic N) is 1. The number of benzene rings is 3. The maximum Gasteiger partial charge on any atom is 0.257 e. The van der Waals surface area contributed by atoms with Crippen molar-refractivity contribution in [3.8, 4) is 16.3 Å². The first kappa shape index (κ1) is 22.2. The Morgan fingerprint density at radius 2 is 1.91 bits per heavy atom. The van der Waals surface area contributed by atoms with E-state index < -0.39 is 0 Å². The van der Waals surface area contributed by atoms with Gasteiger partial charge in [0.15, 0.2) is 5.11 Å². The zero-order valence-electron chi connectivity index (χ0n) is 17.4. The first-order chi connectivity index (χ1) is 15.4. The highest BCUT2D eigenvalue weighted by atomic mass is 35.5. The van der Waals surface area contributed by atoms with E-state index in [4.69, 9.17) is 28.6 Å². The number of hydrogen-bond donors (Lipinski definition) is 2. The molecule has 0 fully saturated rings. The smallest absolute Gasteiger partial charge is 0.257 e. The fourth-order valence-corrected chi connectivity index (χ4v) is 4.39. The second kappa shape index (κ2) is 9.65. The van der Waals surface area contributed by atoms with Gasteiger partial charge in [-0.2, -0.15) is 0 Å². The van der Waals surface area contributed by atoms with Gasteiger partial charge in [-0.05, 0) is 68.5 Å². The molecule has 3 aromatic carbocycles. The average molecular weight is 482 g/mol. The predicted molar refractivity (Wildman–Crippen MR) is 136 cm³/mol. The molecule has 0 saturated carbocycles. The van der Waals surface area contributed by atoms with E-state index in [0.29, 0.717) is 22.0 Å². The van der Waals surface area contributed by atoms with E-state index in [9.17, 15) is 4.79 Å². The maximum absolute atomic E-state index is 12.6. The number of rotatable bonds is 5. The van der Waals surface area contributed by atoms with Crippen LogP contribution in [0.4, 0.5) is 5.69 Å². The molecule has 0 aliphatic heterocycles. The Labute approximate surface area is 200 Å². The van der Waals surface area contributed by atoms with Gasteiger partial charge in [-0.25, -0.2) is 4.98 Å². The molecule has 32 heavy (non-hydrogen) atoms. The van der Waals surface area contributed by atoms with Crippen molar-refractivity contribution in [2.75, 3.05) is 5.32 Å². The van der Waals surface area contributed by atoms with Gasteiger partial charge < -0.3 is 10.1 Å². The molecule has 0 spiro atoms. The molecule has 5 nitrogen and oxygen atoms in total. The summed E-state index contributed by atoms with van der Waals surface area (Å²) < 4.78 is 6.76. The normalized spacial score (nSPS) is 10.9. The van der Waals surface area contributed by atoms with Gasteiger partial charge in [-0.1, -0.05) is 35.9 Å². The molecule has 2 N–H and O–H groups in total. The molecule has 4 rings (SSSR count). The Morgan fingerprint density at radius 3 is 2.69 bits per heavy atom. The van der Waals surface area contributed by atoms with Gasteiger partial charge in [-0.15, -0.1) is 11.3 Å². The summed E-state index contributed by atoms with van der Waals surface area (Å²) in [6, 6.07) is 20.5. The summed E-state index contributed by atoms with van der Waals surface area (Å²) in [5.74, 6) is 0.285. The molecular formula is C24H20ClN3O2S2. The van der Waals surface area contributed by atoms with Crippen molar-refractivity contribution in [1.82, 2.24) is 10.3 Å². The van der Waals surface area contributed by atoms with Crippen molar-refractivity contribution in [3.05, 3.63) is 77.3 Å². The Bertz CT molecular complexity index is 1270. The van der Waals surface area contributed by atoms with Crippen LogP contribution in [0.15, 0.2) is 66.7 Å². The number of para-hydroxylation sites is 1. The fourth-order valence-electron chi connectivity index (χ4n) is 3.06. The molecule has 0 saturated heterocycles. The maximum atomic E-state index is 12.6. The third kappa shape index (κ3) is 5.24. The van der Waals surface area contributed by atoms with E-state index in [1.807, 2.05) is 50.2 Å². The van der Waals surface area contributed by atoms with Crippen LogP contribution >= 0.6 is 35.2 Å². The van der Waals surface area contributed by atoms with E-state index >= 15 is 0 Å². The van der Waals surface area contributed by atoms with Gasteiger partial charge in [0, 0.05) is 11.1 Å². The van der Waals surface area contributed by atoms with Crippen molar-refractivity contribution in [3.63, 3.8) is 0 Å². The van der Waals surface area contributed by atoms with Gasteiger partial charge in [0.1, 0.15) is 10.8 Å². The highest BCUT2D eigenvalue weighted by molar-refractivity contribution is 7.80. The summed E-state index contributed by atoms with van der Waals surface area (Å²) in [6.07, 6.45) is 0.0147. The molecule has 0 aliphatic rings. The van der Waals surface area contributed by atoms with Crippen molar-refractivity contribution in [2.24, 2.45) is 0 Å². The second-order valence-electron chi connectivity index (χ2n) is 7.28. The molecule has 0 atom stereocenters. The molecule has 0 radical (unpaired) electrons. The molecule has 1 heterocycles. The molecule has 0 unspecified atom stereocenters. The zero-order chi connectivity index (χ0) is 22.7. The number of carbonyl (C=O) groups is 1. The summed E-state index contributed by atoms with van der Waals surface area (Å²) >= 11 is 13.3. The molecule has 1 amide bonds. The van der Waals surface area contributed by atoms with Gasteiger partial charge in [0.2, 0.25) is 0 Å². The van der Waals surface area contributed by atoms with Crippen LogP contribution in [-0.2, 0) is 0 Å². The third-order valence-electron chi connectivity index (χ3n) is 4.45. The van der Waals surface area contributed by atoms with Crippen molar-refractivity contribution >= 4 is 62.1 Å². The summed E-state index contributed by atoms with van der Waals surface area (Å²) in [5.41, 5.74) is 2.89. The number of nitrogens with one attached hydrogen (secondary N) is 2. The van der Waals surface area contributed by atoms with E-state index in [1.54, 1.807) is 41.7 Å². The highest BCUT2D eigenvalue weighted by Gasteiger charge is 2.13. The lowest BCUT2D eigenvalue weighted by molar-refractivity contribution is 0.0977. The first-order valence-corrected chi connectivity index (χ1v) is 11.5. The summed E-state index contributed by atoms with van der Waals surface area (Å²) in [5, 5.41) is 7.21. The summed E-state index contributed by atoms with van der Waals surface area (Å²) in [6.45, 7) is 3.86. The Kier molecular flexibility index (Phi) is 6.69. The molecule has 1 aromatic heterocycles. The van der Waals surface area contributed by atoms with E-state index in [-0.39, 0.29) is 17.1 Å². The number of ether oxygens (including phenoxy) is 1. The second-order valence-corrected chi connectivity index (χ2v) is 9.13. The van der Waals surface area contributed by atoms with Crippen molar-refractivity contribution in [1.29, 1.82) is 0 Å². The molecule has 162 valence electrons. The van der Waals surface area contributed by atoms with Gasteiger partial charge in [0.25, 0.3) is 5.91 Å². The predicted octanol–water partition coefficient (Wildman–Crippen LogP) is 6.53. The van der Waals surface area contributed by atoms with Crippen LogP contribution in [0.1, 0.15) is 24.2 Å². The number of amides is 1. The van der Waals surface area contributed by atoms with Crippen LogP contribution in [0, 0.1) is 0 Å². The quantitative estimate of drug-likeness (QED) is 0.317. The number of thiazole rings is 1. The zero-order valence-corrected chi connectivity index (χ0v) is 19.8. The van der Waals surface area contributed by atoms with Crippen LogP contribution in [-0.4, -0.2) is 22.1 Å². The lowest BCUT2D eigenvalue weighted by Crippen LogP contribution is -2.34. The van der Waals surface area contributed by atoms with Crippen LogP contribution in [0.3, 0.4) is 0 Å². The lowest BCUT2D eigenvalue weighted by Gasteiger charge is -2.13. The largest absolute Gasteiger partial charge is 0.491 e. The van der Waals surface area contributed by atoms with Gasteiger partial charge in [-0.3, -0.25) is 10.1 Å². The molecular weight excluding hydrogens is 462 g/mol. The number of thiocarbonyl (C=S) groups is 1. The highest BCUT2D eigenvalue weighted by Crippen LogP contribution is 2.33. The summed E-state index contributed by atoms with van der Waals surface area (Å²) in [7, 11) is 0. The topological polar surface area (TPSA) is 63.2 Å². The van der Waals surface area contributed by atoms with E-state index in [1.165, 1.54) is 0 Å². The Hall–Kier alpha value is -3.00. The minimum Gasteiger partial charge on any atom is -0.491 e. The van der Waals surface area contributed by atoms with E-state index in [0.717, 1.165) is 20.8 Å². The Balaban J connectivity index is 1.48. The number of anilines is 1. The minimum atomic E-state index is -0.338. The Morgan fingerprint density at radius 1 is 1.09 bits per heavy atom. The molecule has 4 aromatic rings. The number of halogens is 1. The SMILES string of the molecule is CC(C)Oc1cccc(C(=O)NC(=S)Nc2cc(-c3nc4ccccc4s3)ccc2Cl)c1. The minimum absolute atomic E-state index is 0.0147. The van der Waals surface area contributed by atoms with Crippen molar-refractivity contribution in [2.45, 2.75) is 20.0 Å². The van der Waals surface area contributed by atoms with Crippen molar-refractivity contribution < 1.29 is 9.53 Å². The number of fused-ring (bicyclic) bond motifs is 1. The molecule has 8 heteroatoms. The standard InChI is InChI=1S/C24H20ClN3O2S2/c1-14(2)30-17-7-5-6-15(12-17)22(29)28-24(31)27-20-13-16(10-11-18(20)25)23-26-19-8-3-4-9-21(19)32-23/h3-14H,1-2H3,(H2,27,28,29,31). The molecule has 0 bridgehead atoms. The molecule has 0 aliphatic carbocycles. The third-order valence-corrected chi connectivity index (χ3v) is 6.07. The number of hydrogen-bond acceptors (Lipinski definition) is 5. The average Bonchev–Trinajstić information content (AvgIpc) is 3.19. The monoisotopic (exact) mass is 481 g/mol. The van der Waals surface area contributed by atoms with Crippen LogP contribution < -0.4 is 15.4 Å². The number of aromatic nitrogens is 1. The lowest BCUT2D eigenvalue weighted by atomic mass is 10.2. The van der Waals surface area contributed by atoms with Crippen LogP contribution in [0.5, 0.6) is 5.75 Å². The van der Waals surface area contributed by atoms with Crippen LogP contribution in [0.25, 0.3) is 20.8 Å². The number of carbonyl (C=O) groups excluding carboxylic acids is 1. The van der Waals surface area contributed by atoms with Crippen LogP contribution in [0.2, 0.25) is 5.02 Å². The van der Waals surface area contributed by atoms with Gasteiger partial charge in [0.05, 0.1) is 27.0 Å².